The molecule has 0 spiro atoms. The van der Waals surface area contributed by atoms with Gasteiger partial charge < -0.3 is 0 Å². The topological polar surface area (TPSA) is 99.5 Å². The molecule has 0 aromatic rings. The Morgan fingerprint density at radius 1 is 0.688 bits per heavy atom. The average molecular weight is 432 g/mol. The Labute approximate surface area is 185 Å². The van der Waals surface area contributed by atoms with Gasteiger partial charge in [0.1, 0.15) is 0 Å². The zero-order chi connectivity index (χ0) is 22.6. The van der Waals surface area contributed by atoms with Crippen molar-refractivity contribution in [1.29, 1.82) is 0 Å². The summed E-state index contributed by atoms with van der Waals surface area (Å²) in [5.41, 5.74) is 2.68. The van der Waals surface area contributed by atoms with E-state index < -0.39 is 12.3 Å². The van der Waals surface area contributed by atoms with Gasteiger partial charge in [-0.05, 0) is 26.2 Å². The minimum absolute atomic E-state index is 0.0673. The number of hydrogen-bond acceptors (Lipinski definition) is 8. The van der Waals surface area contributed by atoms with Crippen LogP contribution >= 0.6 is 0 Å². The van der Waals surface area contributed by atoms with E-state index in [1.54, 1.807) is 24.3 Å². The zero-order valence-corrected chi connectivity index (χ0v) is 18.1. The van der Waals surface area contributed by atoms with Gasteiger partial charge in [0.15, 0.2) is 35.5 Å². The molecule has 0 amide bonds. The largest absolute Gasteiger partial charge is 0.296 e. The summed E-state index contributed by atoms with van der Waals surface area (Å²) >= 11 is 0. The molecule has 164 valence electrons. The SMILES string of the molecule is CN1CCC(=O)C1N=C1C=C2C(=O)C3=CCC(=NC4C(=O)CCN4C)C=C3C(=O)C2=CC1. The molecule has 2 aliphatic heterocycles. The molecule has 32 heavy (non-hydrogen) atoms. The maximum Gasteiger partial charge on any atom is 0.194 e. The number of allylic oxidation sites excluding steroid dienone is 8. The van der Waals surface area contributed by atoms with Crippen molar-refractivity contribution in [2.45, 2.75) is 38.0 Å². The van der Waals surface area contributed by atoms with Crippen molar-refractivity contribution in [1.82, 2.24) is 9.80 Å². The monoisotopic (exact) mass is 432 g/mol. The second-order valence-corrected chi connectivity index (χ2v) is 8.80. The van der Waals surface area contributed by atoms with Crippen LogP contribution in [0.1, 0.15) is 25.7 Å². The molecule has 0 bridgehead atoms. The van der Waals surface area contributed by atoms with Gasteiger partial charge in [0.2, 0.25) is 0 Å². The van der Waals surface area contributed by atoms with Crippen LogP contribution in [0.3, 0.4) is 0 Å². The molecular weight excluding hydrogens is 408 g/mol. The molecule has 5 aliphatic rings. The van der Waals surface area contributed by atoms with Crippen LogP contribution in [0.5, 0.6) is 0 Å². The van der Waals surface area contributed by atoms with E-state index in [0.717, 1.165) is 0 Å². The van der Waals surface area contributed by atoms with E-state index in [-0.39, 0.29) is 23.1 Å². The third-order valence-electron chi connectivity index (χ3n) is 6.62. The highest BCUT2D eigenvalue weighted by atomic mass is 16.1. The lowest BCUT2D eigenvalue weighted by Crippen LogP contribution is -2.32. The number of carbonyl (C=O) groups excluding carboxylic acids is 4. The van der Waals surface area contributed by atoms with Crippen molar-refractivity contribution >= 4 is 34.6 Å². The van der Waals surface area contributed by atoms with Crippen LogP contribution in [0, 0.1) is 0 Å². The van der Waals surface area contributed by atoms with Gasteiger partial charge in [-0.2, -0.15) is 0 Å². The Bertz CT molecular complexity index is 1060. The number of ketones is 4. The molecule has 0 aromatic carbocycles. The summed E-state index contributed by atoms with van der Waals surface area (Å²) in [6, 6.07) is 0. The molecule has 8 heteroatoms. The third kappa shape index (κ3) is 3.40. The highest BCUT2D eigenvalue weighted by Crippen LogP contribution is 2.36. The van der Waals surface area contributed by atoms with Crippen LogP contribution < -0.4 is 0 Å². The van der Waals surface area contributed by atoms with E-state index >= 15 is 0 Å². The number of likely N-dealkylation sites (tertiary alicyclic amines) is 2. The molecule has 2 saturated heterocycles. The normalized spacial score (nSPS) is 31.6. The van der Waals surface area contributed by atoms with Crippen molar-refractivity contribution in [3.05, 3.63) is 46.6 Å². The molecule has 5 rings (SSSR count). The van der Waals surface area contributed by atoms with Crippen LogP contribution in [0.2, 0.25) is 0 Å². The van der Waals surface area contributed by atoms with E-state index in [9.17, 15) is 19.2 Å². The fourth-order valence-electron chi connectivity index (χ4n) is 4.74. The lowest BCUT2D eigenvalue weighted by atomic mass is 9.75. The van der Waals surface area contributed by atoms with E-state index in [2.05, 4.69) is 9.98 Å². The average Bonchev–Trinajstić information content (AvgIpc) is 3.27. The summed E-state index contributed by atoms with van der Waals surface area (Å²) in [5.74, 6) is -0.294. The first-order valence-corrected chi connectivity index (χ1v) is 10.9. The minimum atomic E-state index is -0.522. The number of carbonyl (C=O) groups is 4. The molecule has 8 nitrogen and oxygen atoms in total. The lowest BCUT2D eigenvalue weighted by Gasteiger charge is -2.27. The van der Waals surface area contributed by atoms with Gasteiger partial charge in [-0.25, -0.2) is 0 Å². The quantitative estimate of drug-likeness (QED) is 0.645. The molecule has 1 saturated carbocycles. The Hall–Kier alpha value is -3.10. The van der Waals surface area contributed by atoms with Crippen molar-refractivity contribution in [2.24, 2.45) is 9.98 Å². The van der Waals surface area contributed by atoms with Gasteiger partial charge in [-0.3, -0.25) is 39.0 Å². The fraction of sp³-hybridized carbons (Fsp3) is 0.417. The number of Topliss-reactive ketones (excluding diaryl/α,β-unsaturated/α-hetero) is 4. The number of rotatable bonds is 2. The predicted octanol–water partition coefficient (Wildman–Crippen LogP) is 0.995. The summed E-state index contributed by atoms with van der Waals surface area (Å²) < 4.78 is 0. The van der Waals surface area contributed by atoms with Crippen LogP contribution in [-0.2, 0) is 19.2 Å². The fourth-order valence-corrected chi connectivity index (χ4v) is 4.74. The van der Waals surface area contributed by atoms with Gasteiger partial charge in [0, 0.05) is 72.5 Å². The maximum atomic E-state index is 13.2. The summed E-state index contributed by atoms with van der Waals surface area (Å²) in [6.07, 6.45) is 7.45. The van der Waals surface area contributed by atoms with Crippen LogP contribution in [0.15, 0.2) is 56.6 Å². The lowest BCUT2D eigenvalue weighted by molar-refractivity contribution is -0.120. The van der Waals surface area contributed by atoms with Gasteiger partial charge in [0.05, 0.1) is 0 Å². The Morgan fingerprint density at radius 3 is 1.44 bits per heavy atom. The highest BCUT2D eigenvalue weighted by Gasteiger charge is 2.39. The van der Waals surface area contributed by atoms with E-state index in [1.165, 1.54) is 0 Å². The van der Waals surface area contributed by atoms with Gasteiger partial charge in [-0.1, -0.05) is 12.2 Å². The molecular formula is C24H24N4O4. The molecule has 0 radical (unpaired) electrons. The molecule has 0 N–H and O–H groups in total. The van der Waals surface area contributed by atoms with E-state index in [0.29, 0.717) is 72.5 Å². The predicted molar refractivity (Wildman–Crippen MR) is 119 cm³/mol. The summed E-state index contributed by atoms with van der Waals surface area (Å²) in [6.45, 7) is 1.34. The van der Waals surface area contributed by atoms with Crippen LogP contribution in [-0.4, -0.2) is 83.9 Å². The number of nitrogens with zero attached hydrogens (tertiary/aromatic N) is 4. The molecule has 3 aliphatic carbocycles. The Balaban J connectivity index is 1.44. The summed E-state index contributed by atoms with van der Waals surface area (Å²) in [4.78, 5) is 63.5. The third-order valence-corrected chi connectivity index (χ3v) is 6.62. The number of hydrogen-bond donors (Lipinski definition) is 0. The number of fused-ring (bicyclic) bond motifs is 2. The van der Waals surface area contributed by atoms with Crippen LogP contribution in [0.4, 0.5) is 0 Å². The Morgan fingerprint density at radius 2 is 1.09 bits per heavy atom. The van der Waals surface area contributed by atoms with Gasteiger partial charge in [-0.15, -0.1) is 0 Å². The first-order chi connectivity index (χ1) is 15.3. The first-order valence-electron chi connectivity index (χ1n) is 10.9. The zero-order valence-electron chi connectivity index (χ0n) is 18.1. The van der Waals surface area contributed by atoms with Crippen molar-refractivity contribution < 1.29 is 19.2 Å². The van der Waals surface area contributed by atoms with E-state index in [1.807, 2.05) is 23.9 Å². The van der Waals surface area contributed by atoms with Crippen molar-refractivity contribution in [2.75, 3.05) is 27.2 Å². The van der Waals surface area contributed by atoms with E-state index in [4.69, 9.17) is 0 Å². The van der Waals surface area contributed by atoms with Crippen molar-refractivity contribution in [3.8, 4) is 0 Å². The summed E-state index contributed by atoms with van der Waals surface area (Å²) in [7, 11) is 3.71. The summed E-state index contributed by atoms with van der Waals surface area (Å²) in [5, 5.41) is 0. The van der Waals surface area contributed by atoms with Crippen LogP contribution in [0.25, 0.3) is 0 Å². The Kier molecular flexibility index (Phi) is 5.06. The standard InChI is InChI=1S/C24H24N4O4/c1-27-9-7-19(29)23(27)25-13-3-5-15-17(11-13)21(31)16-6-4-14(12-18(16)22(15)32)26-24-20(30)8-10-28(24)2/h5-6,11-12,23-24H,3-4,7-10H2,1-2H3. The second-order valence-electron chi connectivity index (χ2n) is 8.80. The van der Waals surface area contributed by atoms with Gasteiger partial charge >= 0.3 is 0 Å². The number of aliphatic imine (C=N–C) groups is 2. The highest BCUT2D eigenvalue weighted by molar-refractivity contribution is 6.37. The number of likely N-dealkylation sites (N-methyl/N-ethyl adjacent to an activating group) is 2. The smallest absolute Gasteiger partial charge is 0.194 e. The molecule has 2 atom stereocenters. The molecule has 3 fully saturated rings. The minimum Gasteiger partial charge on any atom is -0.296 e. The molecule has 2 unspecified atom stereocenters. The molecule has 0 aromatic heterocycles. The van der Waals surface area contributed by atoms with Gasteiger partial charge in [0.25, 0.3) is 0 Å². The molecule has 2 heterocycles. The maximum absolute atomic E-state index is 13.2. The first kappa shape index (κ1) is 20.8. The second kappa shape index (κ2) is 7.79. The van der Waals surface area contributed by atoms with Crippen molar-refractivity contribution in [3.63, 3.8) is 0 Å².